The number of aromatic nitrogens is 1. The lowest BCUT2D eigenvalue weighted by Gasteiger charge is -2.50. The molecule has 5 rings (SSSR count). The number of likely N-dealkylation sites (tertiary alicyclic amines) is 1. The molecule has 0 N–H and O–H groups in total. The van der Waals surface area contributed by atoms with Crippen molar-refractivity contribution in [3.63, 3.8) is 0 Å². The van der Waals surface area contributed by atoms with E-state index in [1.165, 1.54) is 6.07 Å². The van der Waals surface area contributed by atoms with Gasteiger partial charge in [0.25, 0.3) is 5.91 Å². The van der Waals surface area contributed by atoms with Crippen LogP contribution < -0.4 is 4.74 Å². The quantitative estimate of drug-likeness (QED) is 0.716. The number of carbonyl (C=O) groups is 1. The van der Waals surface area contributed by atoms with Gasteiger partial charge in [0, 0.05) is 32.3 Å². The lowest BCUT2D eigenvalue weighted by molar-refractivity contribution is -0.179. The molecule has 0 unspecified atom stereocenters. The fourth-order valence-corrected chi connectivity index (χ4v) is 5.12. The second-order valence-electron chi connectivity index (χ2n) is 9.35. The van der Waals surface area contributed by atoms with E-state index in [4.69, 9.17) is 9.47 Å². The molecule has 0 bridgehead atoms. The molecule has 3 heterocycles. The van der Waals surface area contributed by atoms with Gasteiger partial charge in [-0.15, -0.1) is 0 Å². The largest absolute Gasteiger partial charge is 0.496 e. The molecule has 1 aromatic carbocycles. The van der Waals surface area contributed by atoms with E-state index < -0.39 is 0 Å². The van der Waals surface area contributed by atoms with Gasteiger partial charge in [0.2, 0.25) is 0 Å². The van der Waals surface area contributed by atoms with Crippen molar-refractivity contribution in [2.75, 3.05) is 39.8 Å². The van der Waals surface area contributed by atoms with Crippen LogP contribution in [0.1, 0.15) is 41.7 Å². The van der Waals surface area contributed by atoms with Crippen LogP contribution in [0, 0.1) is 5.82 Å². The molecular formula is C25H30FN3O3. The summed E-state index contributed by atoms with van der Waals surface area (Å²) in [5.41, 5.74) is 0.638. The number of rotatable bonds is 5. The zero-order valence-electron chi connectivity index (χ0n) is 18.6. The van der Waals surface area contributed by atoms with Crippen molar-refractivity contribution < 1.29 is 18.7 Å². The van der Waals surface area contributed by atoms with Crippen LogP contribution in [-0.4, -0.2) is 71.7 Å². The highest BCUT2D eigenvalue weighted by molar-refractivity contribution is 5.97. The monoisotopic (exact) mass is 439 g/mol. The molecule has 7 heteroatoms. The zero-order valence-corrected chi connectivity index (χ0v) is 18.6. The van der Waals surface area contributed by atoms with Gasteiger partial charge in [0.1, 0.15) is 11.6 Å². The number of para-hydroxylation sites is 1. The first kappa shape index (κ1) is 21.3. The maximum Gasteiger partial charge on any atom is 0.257 e. The molecule has 2 aliphatic heterocycles. The van der Waals surface area contributed by atoms with Crippen LogP contribution in [0.2, 0.25) is 0 Å². The van der Waals surface area contributed by atoms with Gasteiger partial charge >= 0.3 is 0 Å². The molecule has 1 aliphatic carbocycles. The molecular weight excluding hydrogens is 409 g/mol. The summed E-state index contributed by atoms with van der Waals surface area (Å²) in [5, 5.41) is 0. The first-order valence-corrected chi connectivity index (χ1v) is 11.5. The summed E-state index contributed by atoms with van der Waals surface area (Å²) in [6, 6.07) is 10.5. The van der Waals surface area contributed by atoms with Gasteiger partial charge in [-0.05, 0) is 49.9 Å². The number of methoxy groups -OCH3 is 1. The van der Waals surface area contributed by atoms with Crippen molar-refractivity contribution in [2.24, 2.45) is 0 Å². The van der Waals surface area contributed by atoms with Crippen molar-refractivity contribution in [3.05, 3.63) is 59.7 Å². The fourth-order valence-electron chi connectivity index (χ4n) is 5.12. The molecule has 2 spiro atoms. The van der Waals surface area contributed by atoms with Gasteiger partial charge in [0.15, 0.2) is 0 Å². The number of ether oxygens (including phenoxy) is 2. The van der Waals surface area contributed by atoms with E-state index in [9.17, 15) is 9.18 Å². The fraction of sp³-hybridized carbons (Fsp3) is 0.520. The normalized spacial score (nSPS) is 21.6. The minimum Gasteiger partial charge on any atom is -0.496 e. The van der Waals surface area contributed by atoms with Crippen LogP contribution in [0.3, 0.4) is 0 Å². The third-order valence-corrected chi connectivity index (χ3v) is 7.09. The number of hydrogen-bond acceptors (Lipinski definition) is 5. The Balaban J connectivity index is 1.25. The Kier molecular flexibility index (Phi) is 5.63. The summed E-state index contributed by atoms with van der Waals surface area (Å²) >= 11 is 0. The van der Waals surface area contributed by atoms with E-state index >= 15 is 0 Å². The van der Waals surface area contributed by atoms with Crippen molar-refractivity contribution in [1.82, 2.24) is 14.8 Å². The highest BCUT2D eigenvalue weighted by Crippen LogP contribution is 2.49. The number of hydrogen-bond donors (Lipinski definition) is 0. The van der Waals surface area contributed by atoms with Crippen LogP contribution in [0.15, 0.2) is 42.6 Å². The smallest absolute Gasteiger partial charge is 0.257 e. The van der Waals surface area contributed by atoms with Gasteiger partial charge in [-0.1, -0.05) is 12.1 Å². The Morgan fingerprint density at radius 1 is 1.09 bits per heavy atom. The summed E-state index contributed by atoms with van der Waals surface area (Å²) in [7, 11) is 1.60. The van der Waals surface area contributed by atoms with Crippen LogP contribution in [-0.2, 0) is 11.2 Å². The van der Waals surface area contributed by atoms with Crippen LogP contribution in [0.25, 0.3) is 0 Å². The van der Waals surface area contributed by atoms with Crippen molar-refractivity contribution in [2.45, 2.75) is 43.3 Å². The first-order chi connectivity index (χ1) is 15.5. The molecule has 2 aromatic rings. The third kappa shape index (κ3) is 4.24. The van der Waals surface area contributed by atoms with Gasteiger partial charge < -0.3 is 19.3 Å². The Morgan fingerprint density at radius 2 is 1.81 bits per heavy atom. The molecule has 3 aliphatic rings. The molecule has 1 amide bonds. The van der Waals surface area contributed by atoms with Crippen LogP contribution in [0.5, 0.6) is 5.75 Å². The molecule has 6 nitrogen and oxygen atoms in total. The molecule has 2 saturated heterocycles. The molecule has 3 fully saturated rings. The molecule has 1 saturated carbocycles. The summed E-state index contributed by atoms with van der Waals surface area (Å²) < 4.78 is 26.0. The molecule has 32 heavy (non-hydrogen) atoms. The van der Waals surface area contributed by atoms with Gasteiger partial charge in [-0.25, -0.2) is 4.39 Å². The summed E-state index contributed by atoms with van der Waals surface area (Å²) in [6.45, 7) is 3.78. The molecule has 1 aromatic heterocycles. The number of halogens is 1. The Labute approximate surface area is 188 Å². The van der Waals surface area contributed by atoms with Crippen molar-refractivity contribution in [3.8, 4) is 5.75 Å². The predicted octanol–water partition coefficient (Wildman–Crippen LogP) is 3.31. The summed E-state index contributed by atoms with van der Waals surface area (Å²) in [5.74, 6) is 0.390. The van der Waals surface area contributed by atoms with E-state index in [-0.39, 0.29) is 22.9 Å². The number of pyridine rings is 1. The van der Waals surface area contributed by atoms with E-state index in [2.05, 4.69) is 9.88 Å². The average molecular weight is 440 g/mol. The Bertz CT molecular complexity index is 986. The number of piperidine rings is 1. The van der Waals surface area contributed by atoms with Crippen molar-refractivity contribution in [1.29, 1.82) is 0 Å². The molecule has 170 valence electrons. The highest BCUT2D eigenvalue weighted by atomic mass is 19.1. The van der Waals surface area contributed by atoms with Crippen LogP contribution >= 0.6 is 0 Å². The van der Waals surface area contributed by atoms with E-state index in [1.807, 2.05) is 29.2 Å². The second-order valence-corrected chi connectivity index (χ2v) is 9.35. The Morgan fingerprint density at radius 3 is 2.50 bits per heavy atom. The topological polar surface area (TPSA) is 54.9 Å². The predicted molar refractivity (Wildman–Crippen MR) is 118 cm³/mol. The maximum atomic E-state index is 13.9. The summed E-state index contributed by atoms with van der Waals surface area (Å²) in [4.78, 5) is 21.9. The van der Waals surface area contributed by atoms with E-state index in [0.29, 0.717) is 36.5 Å². The number of morpholine rings is 1. The Hall–Kier alpha value is -2.51. The standard InChI is InChI=1S/C25H30FN3O3/c1-31-22-7-3-2-5-19(22)23(30)29-17-24(9-10-24)32-25(18-29)11-15-28(16-12-25)14-8-21-20(26)6-4-13-27-21/h2-7,13H,8-12,14-18H2,1H3. The number of nitrogens with zero attached hydrogens (tertiary/aromatic N) is 3. The minimum atomic E-state index is -0.306. The SMILES string of the molecule is COc1ccccc1C(=O)N1CC2(CCN(CCc3ncccc3F)CC2)OC2(CC2)C1. The minimum absolute atomic E-state index is 0.0180. The highest BCUT2D eigenvalue weighted by Gasteiger charge is 2.56. The zero-order chi connectivity index (χ0) is 22.2. The van der Waals surface area contributed by atoms with Crippen molar-refractivity contribution >= 4 is 5.91 Å². The third-order valence-electron chi connectivity index (χ3n) is 7.09. The van der Waals surface area contributed by atoms with Gasteiger partial charge in [-0.2, -0.15) is 0 Å². The maximum absolute atomic E-state index is 13.9. The van der Waals surface area contributed by atoms with E-state index in [0.717, 1.165) is 45.3 Å². The number of amides is 1. The molecule has 0 radical (unpaired) electrons. The second kappa shape index (κ2) is 8.45. The van der Waals surface area contributed by atoms with Crippen LogP contribution in [0.4, 0.5) is 4.39 Å². The summed E-state index contributed by atoms with van der Waals surface area (Å²) in [6.07, 6.45) is 6.00. The lowest BCUT2D eigenvalue weighted by atomic mass is 9.87. The number of carbonyl (C=O) groups excluding carboxylic acids is 1. The average Bonchev–Trinajstić information content (AvgIpc) is 3.56. The first-order valence-electron chi connectivity index (χ1n) is 11.5. The van der Waals surface area contributed by atoms with Gasteiger partial charge in [0.05, 0.1) is 42.7 Å². The molecule has 0 atom stereocenters. The van der Waals surface area contributed by atoms with Gasteiger partial charge in [-0.3, -0.25) is 9.78 Å². The number of benzene rings is 1. The lowest BCUT2D eigenvalue weighted by Crippen LogP contribution is -2.61. The van der Waals surface area contributed by atoms with E-state index in [1.54, 1.807) is 19.4 Å².